The minimum absolute atomic E-state index is 0.0932. The maximum absolute atomic E-state index is 12.0. The van der Waals surface area contributed by atoms with E-state index in [9.17, 15) is 4.79 Å². The van der Waals surface area contributed by atoms with Gasteiger partial charge < -0.3 is 10.0 Å². The average molecular weight is 293 g/mol. The molecule has 0 aromatic heterocycles. The summed E-state index contributed by atoms with van der Waals surface area (Å²) in [6.07, 6.45) is 2.94. The number of rotatable bonds is 6. The molecule has 1 saturated heterocycles. The van der Waals surface area contributed by atoms with Crippen LogP contribution in [0.5, 0.6) is 0 Å². The highest BCUT2D eigenvalue weighted by Gasteiger charge is 2.24. The summed E-state index contributed by atoms with van der Waals surface area (Å²) in [6, 6.07) is 8.42. The van der Waals surface area contributed by atoms with Crippen LogP contribution in [0.15, 0.2) is 24.3 Å². The number of carbonyl (C=O) groups is 1. The Balaban J connectivity index is 1.66. The van der Waals surface area contributed by atoms with Crippen LogP contribution in [0, 0.1) is 0 Å². The second kappa shape index (κ2) is 7.70. The molecule has 20 heavy (non-hydrogen) atoms. The Morgan fingerprint density at radius 3 is 2.65 bits per heavy atom. The van der Waals surface area contributed by atoms with Gasteiger partial charge in [0.2, 0.25) is 5.91 Å². The van der Waals surface area contributed by atoms with Crippen molar-refractivity contribution in [2.75, 3.05) is 12.3 Å². The SMILES string of the molecule is CC1CCCN1C(=O)CCSCc1ccc(CO)cc1. The van der Waals surface area contributed by atoms with Crippen molar-refractivity contribution in [2.45, 2.75) is 44.6 Å². The van der Waals surface area contributed by atoms with Crippen LogP contribution in [0.3, 0.4) is 0 Å². The van der Waals surface area contributed by atoms with Gasteiger partial charge in [0.15, 0.2) is 0 Å². The molecule has 0 radical (unpaired) electrons. The van der Waals surface area contributed by atoms with Crippen molar-refractivity contribution in [1.29, 1.82) is 0 Å². The molecular weight excluding hydrogens is 270 g/mol. The fourth-order valence-electron chi connectivity index (χ4n) is 2.54. The lowest BCUT2D eigenvalue weighted by atomic mass is 10.2. The fraction of sp³-hybridized carbons (Fsp3) is 0.562. The third kappa shape index (κ3) is 4.25. The molecule has 3 nitrogen and oxygen atoms in total. The zero-order valence-corrected chi connectivity index (χ0v) is 12.9. The number of nitrogens with zero attached hydrogens (tertiary/aromatic N) is 1. The Morgan fingerprint density at radius 2 is 2.05 bits per heavy atom. The van der Waals surface area contributed by atoms with Gasteiger partial charge in [-0.15, -0.1) is 0 Å². The first-order valence-electron chi connectivity index (χ1n) is 7.26. The smallest absolute Gasteiger partial charge is 0.223 e. The minimum atomic E-state index is 0.0932. The average Bonchev–Trinajstić information content (AvgIpc) is 2.90. The quantitative estimate of drug-likeness (QED) is 0.820. The van der Waals surface area contributed by atoms with E-state index in [4.69, 9.17) is 5.11 Å². The molecule has 1 fully saturated rings. The van der Waals surface area contributed by atoms with Crippen molar-refractivity contribution in [3.05, 3.63) is 35.4 Å². The topological polar surface area (TPSA) is 40.5 Å². The van der Waals surface area contributed by atoms with Gasteiger partial charge in [-0.25, -0.2) is 0 Å². The van der Waals surface area contributed by atoms with E-state index in [1.165, 1.54) is 5.56 Å². The van der Waals surface area contributed by atoms with E-state index in [1.54, 1.807) is 11.8 Å². The monoisotopic (exact) mass is 293 g/mol. The molecule has 0 spiro atoms. The molecule has 4 heteroatoms. The molecule has 1 N–H and O–H groups in total. The summed E-state index contributed by atoms with van der Waals surface area (Å²) in [5.41, 5.74) is 2.19. The maximum Gasteiger partial charge on any atom is 0.223 e. The Bertz CT molecular complexity index is 433. The number of carbonyl (C=O) groups excluding carboxylic acids is 1. The van der Waals surface area contributed by atoms with Gasteiger partial charge in [-0.05, 0) is 30.9 Å². The summed E-state index contributed by atoms with van der Waals surface area (Å²) >= 11 is 1.80. The Morgan fingerprint density at radius 1 is 1.35 bits per heavy atom. The van der Waals surface area contributed by atoms with Crippen molar-refractivity contribution < 1.29 is 9.90 Å². The number of hydrogen-bond donors (Lipinski definition) is 1. The molecule has 1 unspecified atom stereocenters. The highest BCUT2D eigenvalue weighted by atomic mass is 32.2. The number of aliphatic hydroxyl groups is 1. The number of aliphatic hydroxyl groups excluding tert-OH is 1. The molecule has 1 heterocycles. The zero-order chi connectivity index (χ0) is 14.4. The van der Waals surface area contributed by atoms with Crippen molar-refractivity contribution in [2.24, 2.45) is 0 Å². The normalized spacial score (nSPS) is 18.5. The first-order chi connectivity index (χ1) is 9.70. The molecule has 1 atom stereocenters. The third-order valence-corrected chi connectivity index (χ3v) is 4.84. The van der Waals surface area contributed by atoms with Crippen LogP contribution in [-0.2, 0) is 17.2 Å². The maximum atomic E-state index is 12.0. The van der Waals surface area contributed by atoms with Crippen LogP contribution in [0.4, 0.5) is 0 Å². The van der Waals surface area contributed by atoms with E-state index in [1.807, 2.05) is 29.2 Å². The fourth-order valence-corrected chi connectivity index (χ4v) is 3.43. The summed E-state index contributed by atoms with van der Waals surface area (Å²) in [6.45, 7) is 3.17. The van der Waals surface area contributed by atoms with Crippen LogP contribution in [0.25, 0.3) is 0 Å². The molecular formula is C16H23NO2S. The molecule has 110 valence electrons. The van der Waals surface area contributed by atoms with E-state index < -0.39 is 0 Å². The summed E-state index contributed by atoms with van der Waals surface area (Å²) < 4.78 is 0. The van der Waals surface area contributed by atoms with Crippen molar-refractivity contribution in [3.63, 3.8) is 0 Å². The van der Waals surface area contributed by atoms with Crippen LogP contribution in [0.1, 0.15) is 37.3 Å². The van der Waals surface area contributed by atoms with Gasteiger partial charge in [-0.3, -0.25) is 4.79 Å². The predicted octanol–water partition coefficient (Wildman–Crippen LogP) is 2.81. The summed E-state index contributed by atoms with van der Waals surface area (Å²) in [7, 11) is 0. The lowest BCUT2D eigenvalue weighted by molar-refractivity contribution is -0.131. The van der Waals surface area contributed by atoms with Gasteiger partial charge in [0.05, 0.1) is 6.61 Å². The number of likely N-dealkylation sites (tertiary alicyclic amines) is 1. The van der Waals surface area contributed by atoms with E-state index in [2.05, 4.69) is 6.92 Å². The standard InChI is InChI=1S/C16H23NO2S/c1-13-3-2-9-17(13)16(19)8-10-20-12-15-6-4-14(11-18)5-7-15/h4-7,13,18H,2-3,8-12H2,1H3. The van der Waals surface area contributed by atoms with Crippen LogP contribution in [0.2, 0.25) is 0 Å². The first kappa shape index (κ1) is 15.4. The second-order valence-electron chi connectivity index (χ2n) is 5.36. The summed E-state index contributed by atoms with van der Waals surface area (Å²) in [4.78, 5) is 14.1. The van der Waals surface area contributed by atoms with Gasteiger partial charge in [0, 0.05) is 30.5 Å². The molecule has 1 aliphatic heterocycles. The van der Waals surface area contributed by atoms with Gasteiger partial charge in [-0.1, -0.05) is 24.3 Å². The number of hydrogen-bond acceptors (Lipinski definition) is 3. The first-order valence-corrected chi connectivity index (χ1v) is 8.42. The molecule has 0 aliphatic carbocycles. The van der Waals surface area contributed by atoms with E-state index in [0.29, 0.717) is 18.4 Å². The predicted molar refractivity (Wildman–Crippen MR) is 83.6 cm³/mol. The highest BCUT2D eigenvalue weighted by molar-refractivity contribution is 7.98. The van der Waals surface area contributed by atoms with Gasteiger partial charge in [0.25, 0.3) is 0 Å². The van der Waals surface area contributed by atoms with Crippen molar-refractivity contribution in [3.8, 4) is 0 Å². The van der Waals surface area contributed by atoms with Crippen LogP contribution >= 0.6 is 11.8 Å². The molecule has 0 saturated carbocycles. The Hall–Kier alpha value is -1.00. The third-order valence-electron chi connectivity index (χ3n) is 3.81. The van der Waals surface area contributed by atoms with Gasteiger partial charge in [-0.2, -0.15) is 11.8 Å². The lowest BCUT2D eigenvalue weighted by Gasteiger charge is -2.21. The minimum Gasteiger partial charge on any atom is -0.392 e. The molecule has 1 aromatic carbocycles. The van der Waals surface area contributed by atoms with E-state index in [0.717, 1.165) is 36.5 Å². The van der Waals surface area contributed by atoms with Crippen LogP contribution < -0.4 is 0 Å². The molecule has 0 bridgehead atoms. The Kier molecular flexibility index (Phi) is 5.92. The van der Waals surface area contributed by atoms with Gasteiger partial charge in [0.1, 0.15) is 0 Å². The zero-order valence-electron chi connectivity index (χ0n) is 12.0. The van der Waals surface area contributed by atoms with Crippen LogP contribution in [-0.4, -0.2) is 34.3 Å². The van der Waals surface area contributed by atoms with E-state index in [-0.39, 0.29) is 6.61 Å². The number of thioether (sulfide) groups is 1. The van der Waals surface area contributed by atoms with Crippen molar-refractivity contribution >= 4 is 17.7 Å². The molecule has 1 aromatic rings. The molecule has 1 aliphatic rings. The Labute approximate surface area is 125 Å². The second-order valence-corrected chi connectivity index (χ2v) is 6.46. The van der Waals surface area contributed by atoms with Gasteiger partial charge >= 0.3 is 0 Å². The summed E-state index contributed by atoms with van der Waals surface area (Å²) in [5, 5.41) is 8.98. The highest BCUT2D eigenvalue weighted by Crippen LogP contribution is 2.19. The largest absolute Gasteiger partial charge is 0.392 e. The number of amides is 1. The molecule has 1 amide bonds. The van der Waals surface area contributed by atoms with Crippen molar-refractivity contribution in [1.82, 2.24) is 4.90 Å². The summed E-state index contributed by atoms with van der Waals surface area (Å²) in [5.74, 6) is 2.11. The lowest BCUT2D eigenvalue weighted by Crippen LogP contribution is -2.33. The number of benzene rings is 1. The van der Waals surface area contributed by atoms with E-state index >= 15 is 0 Å². The molecule has 2 rings (SSSR count).